The molecule has 0 spiro atoms. The van der Waals surface area contributed by atoms with Crippen molar-refractivity contribution in [1.29, 1.82) is 0 Å². The third kappa shape index (κ3) is 6.11. The van der Waals surface area contributed by atoms with Gasteiger partial charge >= 0.3 is 0 Å². The molecule has 0 bridgehead atoms. The van der Waals surface area contributed by atoms with Crippen LogP contribution in [-0.2, 0) is 10.0 Å². The molecule has 0 saturated carbocycles. The number of sulfonamides is 1. The second-order valence-corrected chi connectivity index (χ2v) is 10.6. The number of pyridine rings is 1. The zero-order chi connectivity index (χ0) is 25.0. The first kappa shape index (κ1) is 25.6. The van der Waals surface area contributed by atoms with Crippen LogP contribution in [0.4, 0.5) is 4.39 Å². The van der Waals surface area contributed by atoms with Crippen molar-refractivity contribution >= 4 is 15.9 Å². The van der Waals surface area contributed by atoms with E-state index in [1.165, 1.54) is 29.7 Å². The second kappa shape index (κ2) is 10.5. The highest BCUT2D eigenvalue weighted by molar-refractivity contribution is 7.88. The Morgan fingerprint density at radius 2 is 1.94 bits per heavy atom. The van der Waals surface area contributed by atoms with Gasteiger partial charge in [-0.05, 0) is 37.3 Å². The molecule has 3 rings (SSSR count). The summed E-state index contributed by atoms with van der Waals surface area (Å²) in [6, 6.07) is 6.81. The molecule has 1 aliphatic heterocycles. The highest BCUT2D eigenvalue weighted by atomic mass is 32.2. The average molecular weight is 490 g/mol. The van der Waals surface area contributed by atoms with Gasteiger partial charge in [-0.15, -0.1) is 0 Å². The molecule has 1 aliphatic rings. The van der Waals surface area contributed by atoms with E-state index in [9.17, 15) is 22.7 Å². The topological polar surface area (TPSA) is 100 Å². The Balaban J connectivity index is 2.01. The number of fused-ring (bicyclic) bond motifs is 1. The van der Waals surface area contributed by atoms with Crippen LogP contribution < -0.4 is 4.74 Å². The highest BCUT2D eigenvalue weighted by Crippen LogP contribution is 2.27. The molecule has 2 aromatic rings. The summed E-state index contributed by atoms with van der Waals surface area (Å²) in [6.07, 6.45) is 2.00. The number of carbonyl (C=O) groups is 1. The standard InChI is InChI=1S/C24H28FN3O5S/c1-16-13-28(17(2)15-29)24(30)21-11-19(6-5-18-7-9-20(25)10-8-18)12-26-23(21)33-22(16)14-27(3)34(4,31)32/h7-12,16-17,22,29H,13-15H2,1-4H3/t16-,17-,22-/m0/s1. The number of ether oxygens (including phenoxy) is 1. The molecule has 0 saturated heterocycles. The van der Waals surface area contributed by atoms with Gasteiger partial charge in [0.15, 0.2) is 0 Å². The summed E-state index contributed by atoms with van der Waals surface area (Å²) in [5.41, 5.74) is 1.23. The van der Waals surface area contributed by atoms with Crippen LogP contribution in [0.3, 0.4) is 0 Å². The molecule has 1 aromatic heterocycles. The predicted octanol–water partition coefficient (Wildman–Crippen LogP) is 1.73. The zero-order valence-electron chi connectivity index (χ0n) is 19.5. The Hall–Kier alpha value is -3.00. The quantitative estimate of drug-likeness (QED) is 0.643. The van der Waals surface area contributed by atoms with Crippen molar-refractivity contribution in [2.45, 2.75) is 26.0 Å². The minimum Gasteiger partial charge on any atom is -0.472 e. The molecule has 0 radical (unpaired) electrons. The lowest BCUT2D eigenvalue weighted by atomic mass is 10.0. The fraction of sp³-hybridized carbons (Fsp3) is 0.417. The van der Waals surface area contributed by atoms with Gasteiger partial charge in [0.1, 0.15) is 17.5 Å². The number of aliphatic hydroxyl groups excluding tert-OH is 1. The molecule has 8 nitrogen and oxygen atoms in total. The first-order chi connectivity index (χ1) is 16.0. The van der Waals surface area contributed by atoms with Crippen LogP contribution in [0.15, 0.2) is 36.5 Å². The van der Waals surface area contributed by atoms with E-state index in [1.807, 2.05) is 6.92 Å². The number of amides is 1. The molecule has 0 aliphatic carbocycles. The van der Waals surface area contributed by atoms with Gasteiger partial charge in [0.05, 0.1) is 25.4 Å². The summed E-state index contributed by atoms with van der Waals surface area (Å²) in [4.78, 5) is 19.2. The number of likely N-dealkylation sites (N-methyl/N-ethyl adjacent to an activating group) is 1. The number of aliphatic hydroxyl groups is 1. The Morgan fingerprint density at radius 1 is 1.29 bits per heavy atom. The molecular formula is C24H28FN3O5S. The fourth-order valence-corrected chi connectivity index (χ4v) is 3.87. The molecule has 1 aromatic carbocycles. The third-order valence-corrected chi connectivity index (χ3v) is 7.00. The zero-order valence-corrected chi connectivity index (χ0v) is 20.3. The van der Waals surface area contributed by atoms with Crippen molar-refractivity contribution in [3.8, 4) is 17.7 Å². The molecule has 0 fully saturated rings. The Morgan fingerprint density at radius 3 is 2.56 bits per heavy atom. The van der Waals surface area contributed by atoms with E-state index in [0.29, 0.717) is 11.1 Å². The minimum atomic E-state index is -3.44. The molecule has 1 N–H and O–H groups in total. The summed E-state index contributed by atoms with van der Waals surface area (Å²) in [6.45, 7) is 3.69. The van der Waals surface area contributed by atoms with Gasteiger partial charge in [-0.2, -0.15) is 0 Å². The number of nitrogens with zero attached hydrogens (tertiary/aromatic N) is 3. The van der Waals surface area contributed by atoms with Crippen molar-refractivity contribution in [2.75, 3.05) is 33.0 Å². The minimum absolute atomic E-state index is 0.0722. The van der Waals surface area contributed by atoms with Gasteiger partial charge in [0, 0.05) is 36.8 Å². The van der Waals surface area contributed by atoms with Gasteiger partial charge in [-0.3, -0.25) is 4.79 Å². The predicted molar refractivity (Wildman–Crippen MR) is 125 cm³/mol. The van der Waals surface area contributed by atoms with E-state index >= 15 is 0 Å². The van der Waals surface area contributed by atoms with Crippen LogP contribution in [0.2, 0.25) is 0 Å². The number of aromatic nitrogens is 1. The largest absolute Gasteiger partial charge is 0.472 e. The van der Waals surface area contributed by atoms with Crippen molar-refractivity contribution in [3.63, 3.8) is 0 Å². The number of carbonyl (C=O) groups excluding carboxylic acids is 1. The number of hydrogen-bond acceptors (Lipinski definition) is 6. The molecule has 34 heavy (non-hydrogen) atoms. The Bertz CT molecular complexity index is 1210. The summed E-state index contributed by atoms with van der Waals surface area (Å²) in [5, 5.41) is 9.73. The van der Waals surface area contributed by atoms with Crippen molar-refractivity contribution < 1.29 is 27.4 Å². The lowest BCUT2D eigenvalue weighted by molar-refractivity contribution is 0.0373. The molecule has 0 unspecified atom stereocenters. The van der Waals surface area contributed by atoms with Gasteiger partial charge < -0.3 is 14.7 Å². The fourth-order valence-electron chi connectivity index (χ4n) is 3.45. The van der Waals surface area contributed by atoms with Crippen LogP contribution in [0.1, 0.15) is 35.3 Å². The number of rotatable bonds is 5. The smallest absolute Gasteiger partial charge is 0.259 e. The summed E-state index contributed by atoms with van der Waals surface area (Å²) in [5.74, 6) is 4.93. The van der Waals surface area contributed by atoms with Gasteiger partial charge in [-0.1, -0.05) is 18.8 Å². The molecule has 1 amide bonds. The van der Waals surface area contributed by atoms with Crippen molar-refractivity contribution in [1.82, 2.24) is 14.2 Å². The molecule has 2 heterocycles. The summed E-state index contributed by atoms with van der Waals surface area (Å²) < 4.78 is 44.3. The maximum atomic E-state index is 13.4. The third-order valence-electron chi connectivity index (χ3n) is 5.72. The number of hydrogen-bond donors (Lipinski definition) is 1. The second-order valence-electron chi connectivity index (χ2n) is 8.50. The molecular weight excluding hydrogens is 461 g/mol. The maximum Gasteiger partial charge on any atom is 0.259 e. The monoisotopic (exact) mass is 489 g/mol. The number of benzene rings is 1. The maximum absolute atomic E-state index is 13.4. The number of halogens is 1. The van der Waals surface area contributed by atoms with E-state index in [1.54, 1.807) is 30.0 Å². The van der Waals surface area contributed by atoms with Crippen LogP contribution >= 0.6 is 0 Å². The van der Waals surface area contributed by atoms with Crippen LogP contribution in [-0.4, -0.2) is 78.8 Å². The lowest BCUT2D eigenvalue weighted by Crippen LogP contribution is -2.50. The van der Waals surface area contributed by atoms with E-state index in [0.717, 1.165) is 6.26 Å². The van der Waals surface area contributed by atoms with Crippen LogP contribution in [0, 0.1) is 23.6 Å². The molecule has 182 valence electrons. The van der Waals surface area contributed by atoms with Gasteiger partial charge in [0.25, 0.3) is 5.91 Å². The SMILES string of the molecule is C[C@H]1CN([C@@H](C)CO)C(=O)c2cc(C#Cc3ccc(F)cc3)cnc2O[C@H]1CN(C)S(C)(=O)=O. The van der Waals surface area contributed by atoms with Crippen molar-refractivity contribution in [3.05, 3.63) is 59.0 Å². The molecule has 3 atom stereocenters. The van der Waals surface area contributed by atoms with Crippen molar-refractivity contribution in [2.24, 2.45) is 5.92 Å². The highest BCUT2D eigenvalue weighted by Gasteiger charge is 2.35. The molecule has 10 heteroatoms. The van der Waals surface area contributed by atoms with E-state index < -0.39 is 22.2 Å². The van der Waals surface area contributed by atoms with Crippen LogP contribution in [0.25, 0.3) is 0 Å². The summed E-state index contributed by atoms with van der Waals surface area (Å²) in [7, 11) is -1.98. The lowest BCUT2D eigenvalue weighted by Gasteiger charge is -2.37. The van der Waals surface area contributed by atoms with E-state index in [-0.39, 0.29) is 48.8 Å². The Kier molecular flexibility index (Phi) is 7.92. The van der Waals surface area contributed by atoms with Gasteiger partial charge in [0.2, 0.25) is 15.9 Å². The normalized spacial score (nSPS) is 19.4. The summed E-state index contributed by atoms with van der Waals surface area (Å²) >= 11 is 0. The first-order valence-corrected chi connectivity index (χ1v) is 12.6. The average Bonchev–Trinajstić information content (AvgIpc) is 2.79. The van der Waals surface area contributed by atoms with Crippen LogP contribution in [0.5, 0.6) is 5.88 Å². The Labute approximate surface area is 199 Å². The first-order valence-electron chi connectivity index (χ1n) is 10.8. The van der Waals surface area contributed by atoms with E-state index in [4.69, 9.17) is 4.74 Å². The van der Waals surface area contributed by atoms with Gasteiger partial charge in [-0.25, -0.2) is 22.1 Å². The van der Waals surface area contributed by atoms with E-state index in [2.05, 4.69) is 16.8 Å².